The van der Waals surface area contributed by atoms with Crippen LogP contribution in [0.3, 0.4) is 0 Å². The van der Waals surface area contributed by atoms with Crippen LogP contribution in [0.15, 0.2) is 12.1 Å². The van der Waals surface area contributed by atoms with Gasteiger partial charge in [-0.25, -0.2) is 4.39 Å². The average Bonchev–Trinajstić information content (AvgIpc) is 2.57. The van der Waals surface area contributed by atoms with Crippen LogP contribution in [-0.4, -0.2) is 23.4 Å². The Morgan fingerprint density at radius 2 is 2.11 bits per heavy atom. The maximum absolute atomic E-state index is 13.8. The zero-order chi connectivity index (χ0) is 13.4. The number of hydrogen-bond acceptors (Lipinski definition) is 4. The van der Waals surface area contributed by atoms with E-state index in [1.54, 1.807) is 0 Å². The van der Waals surface area contributed by atoms with Crippen molar-refractivity contribution in [2.75, 3.05) is 11.4 Å². The van der Waals surface area contributed by atoms with Gasteiger partial charge in [0.05, 0.1) is 4.92 Å². The number of nitrogens with zero attached hydrogens (tertiary/aromatic N) is 2. The van der Waals surface area contributed by atoms with Crippen molar-refractivity contribution < 1.29 is 18.5 Å². The van der Waals surface area contributed by atoms with Gasteiger partial charge in [-0.3, -0.25) is 14.9 Å². The maximum Gasteiger partial charge on any atom is 0.307 e. The molecule has 1 saturated heterocycles. The van der Waals surface area contributed by atoms with Gasteiger partial charge in [0, 0.05) is 25.1 Å². The lowest BCUT2D eigenvalue weighted by Crippen LogP contribution is -2.29. The first-order valence-corrected chi connectivity index (χ1v) is 5.10. The third kappa shape index (κ3) is 1.90. The zero-order valence-electron chi connectivity index (χ0n) is 9.10. The minimum atomic E-state index is -1.36. The second kappa shape index (κ2) is 4.30. The molecule has 0 saturated carbocycles. The van der Waals surface area contributed by atoms with Crippen molar-refractivity contribution in [2.45, 2.75) is 12.5 Å². The average molecular weight is 257 g/mol. The molecule has 0 radical (unpaired) electrons. The van der Waals surface area contributed by atoms with Gasteiger partial charge in [0.2, 0.25) is 11.7 Å². The van der Waals surface area contributed by atoms with Crippen LogP contribution in [0.4, 0.5) is 20.2 Å². The molecule has 6 nitrogen and oxygen atoms in total. The molecular formula is C10H9F2N3O3. The van der Waals surface area contributed by atoms with Crippen molar-refractivity contribution in [1.29, 1.82) is 0 Å². The van der Waals surface area contributed by atoms with Crippen molar-refractivity contribution in [1.82, 2.24) is 0 Å². The van der Waals surface area contributed by atoms with Crippen LogP contribution >= 0.6 is 0 Å². The standard InChI is InChI=1S/C10H9F2N3O3/c11-6-1-2-7(15(17)18)9(12)10(6)14-4-5(13)3-8(14)16/h1-2,5H,3-4,13H2. The van der Waals surface area contributed by atoms with Crippen LogP contribution in [0.1, 0.15) is 6.42 Å². The monoisotopic (exact) mass is 257 g/mol. The van der Waals surface area contributed by atoms with E-state index in [4.69, 9.17) is 5.73 Å². The molecule has 1 heterocycles. The van der Waals surface area contributed by atoms with Crippen molar-refractivity contribution in [3.05, 3.63) is 33.9 Å². The number of amides is 1. The predicted octanol–water partition coefficient (Wildman–Crippen LogP) is 0.937. The third-order valence-electron chi connectivity index (χ3n) is 2.67. The lowest BCUT2D eigenvalue weighted by molar-refractivity contribution is -0.387. The quantitative estimate of drug-likeness (QED) is 0.630. The van der Waals surface area contributed by atoms with Crippen LogP contribution in [0.25, 0.3) is 0 Å². The smallest absolute Gasteiger partial charge is 0.307 e. The molecule has 1 amide bonds. The molecule has 1 unspecified atom stereocenters. The molecule has 96 valence electrons. The van der Waals surface area contributed by atoms with Gasteiger partial charge in [-0.15, -0.1) is 0 Å². The van der Waals surface area contributed by atoms with E-state index < -0.39 is 39.9 Å². The Labute approximate surface area is 100 Å². The van der Waals surface area contributed by atoms with E-state index in [1.807, 2.05) is 0 Å². The van der Waals surface area contributed by atoms with E-state index >= 15 is 0 Å². The van der Waals surface area contributed by atoms with E-state index in [9.17, 15) is 23.7 Å². The number of benzene rings is 1. The van der Waals surface area contributed by atoms with E-state index in [0.29, 0.717) is 6.07 Å². The molecule has 0 bridgehead atoms. The van der Waals surface area contributed by atoms with Crippen LogP contribution < -0.4 is 10.6 Å². The summed E-state index contributed by atoms with van der Waals surface area (Å²) in [5.74, 6) is -2.94. The van der Waals surface area contributed by atoms with Gasteiger partial charge in [0.1, 0.15) is 11.5 Å². The maximum atomic E-state index is 13.8. The Bertz CT molecular complexity index is 535. The first-order valence-electron chi connectivity index (χ1n) is 5.10. The van der Waals surface area contributed by atoms with Crippen molar-refractivity contribution in [3.63, 3.8) is 0 Å². The summed E-state index contributed by atoms with van der Waals surface area (Å²) in [6.07, 6.45) is -0.0401. The summed E-state index contributed by atoms with van der Waals surface area (Å²) in [7, 11) is 0. The second-order valence-electron chi connectivity index (χ2n) is 3.95. The summed E-state index contributed by atoms with van der Waals surface area (Å²) in [5.41, 5.74) is 3.93. The van der Waals surface area contributed by atoms with Gasteiger partial charge in [-0.05, 0) is 6.07 Å². The highest BCUT2D eigenvalue weighted by molar-refractivity contribution is 5.96. The molecule has 2 rings (SSSR count). The molecule has 1 aliphatic rings. The Hall–Kier alpha value is -2.09. The van der Waals surface area contributed by atoms with Gasteiger partial charge in [0.25, 0.3) is 0 Å². The van der Waals surface area contributed by atoms with Crippen molar-refractivity contribution >= 4 is 17.3 Å². The van der Waals surface area contributed by atoms with E-state index in [2.05, 4.69) is 0 Å². The molecule has 0 aliphatic carbocycles. The topological polar surface area (TPSA) is 89.5 Å². The minimum Gasteiger partial charge on any atom is -0.326 e. The number of rotatable bonds is 2. The van der Waals surface area contributed by atoms with Gasteiger partial charge < -0.3 is 10.6 Å². The van der Waals surface area contributed by atoms with Gasteiger partial charge in [0.15, 0.2) is 0 Å². The summed E-state index contributed by atoms with van der Waals surface area (Å²) in [6, 6.07) is 0.943. The molecule has 1 aromatic rings. The second-order valence-corrected chi connectivity index (χ2v) is 3.95. The van der Waals surface area contributed by atoms with Gasteiger partial charge in [-0.1, -0.05) is 0 Å². The molecule has 1 atom stereocenters. The molecule has 1 aromatic carbocycles. The fourth-order valence-electron chi connectivity index (χ4n) is 1.87. The lowest BCUT2D eigenvalue weighted by Gasteiger charge is -2.17. The summed E-state index contributed by atoms with van der Waals surface area (Å²) in [6.45, 7) is -0.0617. The summed E-state index contributed by atoms with van der Waals surface area (Å²) >= 11 is 0. The van der Waals surface area contributed by atoms with E-state index in [-0.39, 0.29) is 13.0 Å². The Balaban J connectivity index is 2.53. The Morgan fingerprint density at radius 3 is 2.61 bits per heavy atom. The van der Waals surface area contributed by atoms with Crippen LogP contribution in [-0.2, 0) is 4.79 Å². The van der Waals surface area contributed by atoms with E-state index in [1.165, 1.54) is 0 Å². The number of nitro benzene ring substituents is 1. The summed E-state index contributed by atoms with van der Waals surface area (Å²) in [4.78, 5) is 21.9. The van der Waals surface area contributed by atoms with Gasteiger partial charge >= 0.3 is 5.69 Å². The zero-order valence-corrected chi connectivity index (χ0v) is 9.10. The number of hydrogen-bond donors (Lipinski definition) is 1. The molecule has 8 heteroatoms. The van der Waals surface area contributed by atoms with Crippen LogP contribution in [0.5, 0.6) is 0 Å². The summed E-state index contributed by atoms with van der Waals surface area (Å²) < 4.78 is 27.4. The highest BCUT2D eigenvalue weighted by Crippen LogP contribution is 2.32. The van der Waals surface area contributed by atoms with Crippen LogP contribution in [0, 0.1) is 21.7 Å². The van der Waals surface area contributed by atoms with Crippen molar-refractivity contribution in [3.8, 4) is 0 Å². The normalized spacial score (nSPS) is 19.4. The molecule has 18 heavy (non-hydrogen) atoms. The highest BCUT2D eigenvalue weighted by atomic mass is 19.1. The van der Waals surface area contributed by atoms with Crippen LogP contribution in [0.2, 0.25) is 0 Å². The van der Waals surface area contributed by atoms with Crippen molar-refractivity contribution in [2.24, 2.45) is 5.73 Å². The molecule has 1 fully saturated rings. The van der Waals surface area contributed by atoms with E-state index in [0.717, 1.165) is 11.0 Å². The molecule has 2 N–H and O–H groups in total. The highest BCUT2D eigenvalue weighted by Gasteiger charge is 2.34. The molecule has 1 aliphatic heterocycles. The number of nitrogens with two attached hydrogens (primary N) is 1. The Morgan fingerprint density at radius 1 is 1.44 bits per heavy atom. The molecule has 0 aromatic heterocycles. The number of nitro groups is 1. The largest absolute Gasteiger partial charge is 0.326 e. The number of carbonyl (C=O) groups excluding carboxylic acids is 1. The number of carbonyl (C=O) groups is 1. The Kier molecular flexibility index (Phi) is 2.95. The lowest BCUT2D eigenvalue weighted by atomic mass is 10.2. The van der Waals surface area contributed by atoms with Gasteiger partial charge in [-0.2, -0.15) is 4.39 Å². The number of halogens is 2. The molecular weight excluding hydrogens is 248 g/mol. The fraction of sp³-hybridized carbons (Fsp3) is 0.300. The number of anilines is 1. The molecule has 0 spiro atoms. The minimum absolute atomic E-state index is 0.0401. The first kappa shape index (κ1) is 12.4. The third-order valence-corrected chi connectivity index (χ3v) is 2.67. The fourth-order valence-corrected chi connectivity index (χ4v) is 1.87. The summed E-state index contributed by atoms with van der Waals surface area (Å²) in [5, 5.41) is 10.6. The SMILES string of the molecule is NC1CC(=O)N(c2c(F)ccc([N+](=O)[O-])c2F)C1. The predicted molar refractivity (Wildman–Crippen MR) is 58.0 cm³/mol. The first-order chi connectivity index (χ1) is 8.41.